The predicted molar refractivity (Wildman–Crippen MR) is 132 cm³/mol. The van der Waals surface area contributed by atoms with Crippen LogP contribution in [0, 0.1) is 18.6 Å². The molecule has 0 atom stereocenters. The molecule has 3 aromatic carbocycles. The Morgan fingerprint density at radius 1 is 0.971 bits per heavy atom. The van der Waals surface area contributed by atoms with E-state index in [-0.39, 0.29) is 12.5 Å². The number of aryl methyl sites for hydroxylation is 1. The number of anilines is 2. The van der Waals surface area contributed by atoms with Crippen molar-refractivity contribution in [1.82, 2.24) is 10.3 Å². The van der Waals surface area contributed by atoms with Crippen molar-refractivity contribution in [2.24, 2.45) is 0 Å². The Balaban J connectivity index is 1.48. The summed E-state index contributed by atoms with van der Waals surface area (Å²) in [6.45, 7) is 3.87. The van der Waals surface area contributed by atoms with E-state index in [4.69, 9.17) is 4.74 Å². The Kier molecular flexibility index (Phi) is 7.35. The summed E-state index contributed by atoms with van der Waals surface area (Å²) in [5, 5.41) is 6.03. The predicted octanol–water partition coefficient (Wildman–Crippen LogP) is 6.70. The van der Waals surface area contributed by atoms with Gasteiger partial charge in [-0.25, -0.2) is 13.8 Å². The average molecular weight is 474 g/mol. The molecule has 0 unspecified atom stereocenters. The third-order valence-corrected chi connectivity index (χ3v) is 5.52. The van der Waals surface area contributed by atoms with Crippen LogP contribution in [0.1, 0.15) is 34.0 Å². The molecule has 1 heterocycles. The van der Waals surface area contributed by atoms with Crippen LogP contribution in [0.5, 0.6) is 11.5 Å². The second-order valence-corrected chi connectivity index (χ2v) is 8.00. The normalized spacial score (nSPS) is 10.6. The van der Waals surface area contributed by atoms with E-state index in [9.17, 15) is 13.6 Å². The first kappa shape index (κ1) is 23.9. The van der Waals surface area contributed by atoms with Crippen molar-refractivity contribution >= 4 is 17.4 Å². The highest BCUT2D eigenvalue weighted by atomic mass is 19.1. The van der Waals surface area contributed by atoms with Crippen LogP contribution in [-0.2, 0) is 13.0 Å². The summed E-state index contributed by atoms with van der Waals surface area (Å²) in [5.74, 6) is -0.0356. The smallest absolute Gasteiger partial charge is 0.251 e. The van der Waals surface area contributed by atoms with Gasteiger partial charge in [-0.15, -0.1) is 0 Å². The van der Waals surface area contributed by atoms with Gasteiger partial charge in [0.05, 0.1) is 0 Å². The number of benzene rings is 3. The number of ether oxygens (including phenoxy) is 1. The first-order valence-corrected chi connectivity index (χ1v) is 11.2. The molecule has 7 heteroatoms. The number of amides is 1. The number of halogens is 2. The quantitative estimate of drug-likeness (QED) is 0.299. The Morgan fingerprint density at radius 3 is 2.51 bits per heavy atom. The van der Waals surface area contributed by atoms with Crippen molar-refractivity contribution < 1.29 is 18.3 Å². The fourth-order valence-electron chi connectivity index (χ4n) is 3.72. The topological polar surface area (TPSA) is 63.2 Å². The second kappa shape index (κ2) is 10.8. The molecular weight excluding hydrogens is 448 g/mol. The fraction of sp³-hybridized carbons (Fsp3) is 0.143. The minimum atomic E-state index is -0.690. The van der Waals surface area contributed by atoms with Gasteiger partial charge in [0.1, 0.15) is 29.0 Å². The van der Waals surface area contributed by atoms with E-state index in [1.165, 1.54) is 17.7 Å². The van der Waals surface area contributed by atoms with Gasteiger partial charge in [-0.3, -0.25) is 4.79 Å². The van der Waals surface area contributed by atoms with Gasteiger partial charge in [0.25, 0.3) is 5.91 Å². The molecule has 0 bridgehead atoms. The minimum Gasteiger partial charge on any atom is -0.457 e. The standard InChI is InChI=1S/C28H25F2N3O2/c1-3-20-7-4-5-9-25(20)33-27-16-23(11-12-31-27)35-26-10-6-8-24(18(26)2)28(34)32-17-19-13-21(29)15-22(30)14-19/h4-16H,3,17H2,1-2H3,(H,31,33)(H,32,34). The zero-order chi connectivity index (χ0) is 24.8. The van der Waals surface area contributed by atoms with Crippen molar-refractivity contribution in [3.8, 4) is 11.5 Å². The molecule has 0 aliphatic carbocycles. The van der Waals surface area contributed by atoms with Crippen molar-refractivity contribution in [3.63, 3.8) is 0 Å². The van der Waals surface area contributed by atoms with Crippen molar-refractivity contribution in [2.75, 3.05) is 5.32 Å². The zero-order valence-electron chi connectivity index (χ0n) is 19.4. The molecule has 4 rings (SSSR count). The SMILES string of the molecule is CCc1ccccc1Nc1cc(Oc2cccc(C(=O)NCc3cc(F)cc(F)c3)c2C)ccn1. The molecule has 0 aliphatic rings. The molecule has 0 fully saturated rings. The van der Waals surface area contributed by atoms with E-state index in [0.717, 1.165) is 18.2 Å². The summed E-state index contributed by atoms with van der Waals surface area (Å²) < 4.78 is 32.9. The molecule has 0 saturated heterocycles. The summed E-state index contributed by atoms with van der Waals surface area (Å²) in [6.07, 6.45) is 2.54. The lowest BCUT2D eigenvalue weighted by Crippen LogP contribution is -2.23. The van der Waals surface area contributed by atoms with Crippen LogP contribution in [0.4, 0.5) is 20.3 Å². The van der Waals surface area contributed by atoms with Gasteiger partial charge in [0.15, 0.2) is 0 Å². The maximum absolute atomic E-state index is 13.4. The third-order valence-electron chi connectivity index (χ3n) is 5.52. The fourth-order valence-corrected chi connectivity index (χ4v) is 3.72. The van der Waals surface area contributed by atoms with E-state index < -0.39 is 11.6 Å². The first-order chi connectivity index (χ1) is 16.9. The molecule has 5 nitrogen and oxygen atoms in total. The van der Waals surface area contributed by atoms with Gasteiger partial charge < -0.3 is 15.4 Å². The Hall–Kier alpha value is -4.26. The summed E-state index contributed by atoms with van der Waals surface area (Å²) in [7, 11) is 0. The number of pyridine rings is 1. The molecule has 4 aromatic rings. The third kappa shape index (κ3) is 6.00. The van der Waals surface area contributed by atoms with Gasteiger partial charge in [0, 0.05) is 41.7 Å². The van der Waals surface area contributed by atoms with E-state index in [2.05, 4.69) is 28.6 Å². The second-order valence-electron chi connectivity index (χ2n) is 8.00. The molecule has 0 spiro atoms. The molecule has 0 aliphatic heterocycles. The lowest BCUT2D eigenvalue weighted by molar-refractivity contribution is 0.0950. The summed E-state index contributed by atoms with van der Waals surface area (Å²) in [4.78, 5) is 17.1. The number of aromatic nitrogens is 1. The van der Waals surface area contributed by atoms with Gasteiger partial charge in [-0.05, 0) is 60.9 Å². The molecule has 1 aromatic heterocycles. The van der Waals surface area contributed by atoms with Gasteiger partial charge in [-0.2, -0.15) is 0 Å². The van der Waals surface area contributed by atoms with Crippen LogP contribution >= 0.6 is 0 Å². The molecular formula is C28H25F2N3O2. The van der Waals surface area contributed by atoms with Gasteiger partial charge >= 0.3 is 0 Å². The number of para-hydroxylation sites is 1. The average Bonchev–Trinajstić information content (AvgIpc) is 2.84. The van der Waals surface area contributed by atoms with E-state index in [1.807, 2.05) is 18.2 Å². The van der Waals surface area contributed by atoms with Crippen molar-refractivity contribution in [2.45, 2.75) is 26.8 Å². The number of carbonyl (C=O) groups excluding carboxylic acids is 1. The molecule has 2 N–H and O–H groups in total. The number of hydrogen-bond donors (Lipinski definition) is 2. The highest BCUT2D eigenvalue weighted by Gasteiger charge is 2.14. The van der Waals surface area contributed by atoms with Crippen LogP contribution in [0.3, 0.4) is 0 Å². The summed E-state index contributed by atoms with van der Waals surface area (Å²) in [6, 6.07) is 19.9. The van der Waals surface area contributed by atoms with Crippen LogP contribution in [0.15, 0.2) is 79.0 Å². The lowest BCUT2D eigenvalue weighted by atomic mass is 10.1. The maximum atomic E-state index is 13.4. The minimum absolute atomic E-state index is 0.00332. The highest BCUT2D eigenvalue weighted by molar-refractivity contribution is 5.96. The van der Waals surface area contributed by atoms with Crippen LogP contribution < -0.4 is 15.4 Å². The van der Waals surface area contributed by atoms with Crippen LogP contribution in [0.2, 0.25) is 0 Å². The van der Waals surface area contributed by atoms with E-state index >= 15 is 0 Å². The lowest BCUT2D eigenvalue weighted by Gasteiger charge is -2.14. The number of nitrogens with zero attached hydrogens (tertiary/aromatic N) is 1. The van der Waals surface area contributed by atoms with Crippen LogP contribution in [0.25, 0.3) is 0 Å². The van der Waals surface area contributed by atoms with Crippen LogP contribution in [-0.4, -0.2) is 10.9 Å². The Labute approximate surface area is 202 Å². The molecule has 0 radical (unpaired) electrons. The number of nitrogens with one attached hydrogen (secondary N) is 2. The Morgan fingerprint density at radius 2 is 1.74 bits per heavy atom. The summed E-state index contributed by atoms with van der Waals surface area (Å²) in [5.41, 5.74) is 3.54. The van der Waals surface area contributed by atoms with E-state index in [0.29, 0.717) is 34.0 Å². The van der Waals surface area contributed by atoms with Crippen molar-refractivity contribution in [1.29, 1.82) is 0 Å². The Bertz CT molecular complexity index is 1340. The number of rotatable bonds is 8. The highest BCUT2D eigenvalue weighted by Crippen LogP contribution is 2.29. The van der Waals surface area contributed by atoms with E-state index in [1.54, 1.807) is 43.5 Å². The van der Waals surface area contributed by atoms with Crippen molar-refractivity contribution in [3.05, 3.63) is 113 Å². The number of hydrogen-bond acceptors (Lipinski definition) is 4. The molecule has 1 amide bonds. The van der Waals surface area contributed by atoms with Gasteiger partial charge in [-0.1, -0.05) is 31.2 Å². The molecule has 35 heavy (non-hydrogen) atoms. The first-order valence-electron chi connectivity index (χ1n) is 11.2. The zero-order valence-corrected chi connectivity index (χ0v) is 19.4. The van der Waals surface area contributed by atoms with Gasteiger partial charge in [0.2, 0.25) is 0 Å². The number of carbonyl (C=O) groups is 1. The summed E-state index contributed by atoms with van der Waals surface area (Å²) >= 11 is 0. The maximum Gasteiger partial charge on any atom is 0.251 e. The largest absolute Gasteiger partial charge is 0.457 e. The molecule has 178 valence electrons. The molecule has 0 saturated carbocycles. The monoisotopic (exact) mass is 473 g/mol.